The zero-order valence-electron chi connectivity index (χ0n) is 10.6. The lowest BCUT2D eigenvalue weighted by atomic mass is 9.93. The van der Waals surface area contributed by atoms with Crippen LogP contribution in [0.4, 0.5) is 0 Å². The van der Waals surface area contributed by atoms with Gasteiger partial charge in [-0.1, -0.05) is 23.2 Å². The van der Waals surface area contributed by atoms with Crippen LogP contribution in [0.25, 0.3) is 5.69 Å². The van der Waals surface area contributed by atoms with Crippen LogP contribution < -0.4 is 5.32 Å². The van der Waals surface area contributed by atoms with Crippen molar-refractivity contribution in [2.75, 3.05) is 0 Å². The molecule has 0 unspecified atom stereocenters. The Hall–Kier alpha value is -1.52. The van der Waals surface area contributed by atoms with Crippen molar-refractivity contribution in [2.24, 2.45) is 0 Å². The third kappa shape index (κ3) is 2.67. The molecule has 4 nitrogen and oxygen atoms in total. The summed E-state index contributed by atoms with van der Waals surface area (Å²) in [4.78, 5) is 12.0. The largest absolute Gasteiger partial charge is 0.349 e. The van der Waals surface area contributed by atoms with Gasteiger partial charge in [0.25, 0.3) is 5.91 Å². The van der Waals surface area contributed by atoms with Crippen LogP contribution in [0.1, 0.15) is 29.6 Å². The molecule has 1 N–H and O–H groups in total. The average Bonchev–Trinajstić information content (AvgIpc) is 2.83. The smallest absolute Gasteiger partial charge is 0.254 e. The predicted octanol–water partition coefficient (Wildman–Crippen LogP) is 3.46. The standard InChI is InChI=1S/C14H13Cl2N3O/c15-10-4-5-13(12(16)6-10)19-8-9(7-17-19)14(20)18-11-2-1-3-11/h4-8,11H,1-3H2,(H,18,20). The van der Waals surface area contributed by atoms with Crippen molar-refractivity contribution >= 4 is 29.1 Å². The maximum atomic E-state index is 12.0. The number of amides is 1. The minimum absolute atomic E-state index is 0.0916. The second-order valence-corrected chi connectivity index (χ2v) is 5.71. The van der Waals surface area contributed by atoms with Crippen LogP contribution in [-0.4, -0.2) is 21.7 Å². The van der Waals surface area contributed by atoms with Crippen LogP contribution >= 0.6 is 23.2 Å². The van der Waals surface area contributed by atoms with E-state index in [4.69, 9.17) is 23.2 Å². The Bertz CT molecular complexity index is 650. The molecule has 104 valence electrons. The summed E-state index contributed by atoms with van der Waals surface area (Å²) in [6, 6.07) is 5.46. The Kier molecular flexibility index (Phi) is 3.68. The van der Waals surface area contributed by atoms with E-state index < -0.39 is 0 Å². The fraction of sp³-hybridized carbons (Fsp3) is 0.286. The minimum atomic E-state index is -0.0916. The molecule has 1 aromatic carbocycles. The Morgan fingerprint density at radius 2 is 2.15 bits per heavy atom. The van der Waals surface area contributed by atoms with E-state index in [0.29, 0.717) is 27.3 Å². The van der Waals surface area contributed by atoms with E-state index >= 15 is 0 Å². The van der Waals surface area contributed by atoms with Gasteiger partial charge in [-0.15, -0.1) is 0 Å². The molecule has 3 rings (SSSR count). The Morgan fingerprint density at radius 1 is 1.35 bits per heavy atom. The molecule has 1 aliphatic carbocycles. The molecule has 2 aromatic rings. The molecule has 0 saturated heterocycles. The highest BCUT2D eigenvalue weighted by atomic mass is 35.5. The van der Waals surface area contributed by atoms with E-state index in [1.165, 1.54) is 6.42 Å². The molecule has 0 aliphatic heterocycles. The molecule has 0 spiro atoms. The summed E-state index contributed by atoms with van der Waals surface area (Å²) in [5, 5.41) is 8.21. The highest BCUT2D eigenvalue weighted by Crippen LogP contribution is 2.24. The van der Waals surface area contributed by atoms with Crippen molar-refractivity contribution in [3.8, 4) is 5.69 Å². The van der Waals surface area contributed by atoms with Gasteiger partial charge in [0.2, 0.25) is 0 Å². The molecule has 1 saturated carbocycles. The molecule has 1 heterocycles. The molecule has 0 atom stereocenters. The zero-order valence-corrected chi connectivity index (χ0v) is 12.2. The van der Waals surface area contributed by atoms with E-state index in [1.54, 1.807) is 35.3 Å². The minimum Gasteiger partial charge on any atom is -0.349 e. The van der Waals surface area contributed by atoms with Crippen LogP contribution in [0.15, 0.2) is 30.6 Å². The molecule has 1 aromatic heterocycles. The number of carbonyl (C=O) groups is 1. The van der Waals surface area contributed by atoms with Gasteiger partial charge in [-0.3, -0.25) is 4.79 Å². The second kappa shape index (κ2) is 5.46. The maximum absolute atomic E-state index is 12.0. The third-order valence-corrected chi connectivity index (χ3v) is 3.98. The van der Waals surface area contributed by atoms with Gasteiger partial charge in [-0.25, -0.2) is 4.68 Å². The summed E-state index contributed by atoms with van der Waals surface area (Å²) in [7, 11) is 0. The van der Waals surface area contributed by atoms with Gasteiger partial charge < -0.3 is 5.32 Å². The summed E-state index contributed by atoms with van der Waals surface area (Å²) in [6.07, 6.45) is 6.51. The van der Waals surface area contributed by atoms with Crippen LogP contribution in [0, 0.1) is 0 Å². The fourth-order valence-corrected chi connectivity index (χ4v) is 2.56. The molecule has 1 fully saturated rings. The summed E-state index contributed by atoms with van der Waals surface area (Å²) in [5.41, 5.74) is 1.22. The lowest BCUT2D eigenvalue weighted by Crippen LogP contribution is -2.39. The highest BCUT2D eigenvalue weighted by molar-refractivity contribution is 6.35. The molecular weight excluding hydrogens is 297 g/mol. The van der Waals surface area contributed by atoms with Crippen molar-refractivity contribution in [1.82, 2.24) is 15.1 Å². The van der Waals surface area contributed by atoms with E-state index in [9.17, 15) is 4.79 Å². The van der Waals surface area contributed by atoms with Gasteiger partial charge >= 0.3 is 0 Å². The van der Waals surface area contributed by atoms with Crippen molar-refractivity contribution in [2.45, 2.75) is 25.3 Å². The summed E-state index contributed by atoms with van der Waals surface area (Å²) in [6.45, 7) is 0. The quantitative estimate of drug-likeness (QED) is 0.943. The van der Waals surface area contributed by atoms with Crippen molar-refractivity contribution in [3.05, 3.63) is 46.2 Å². The van der Waals surface area contributed by atoms with Gasteiger partial charge in [-0.2, -0.15) is 5.10 Å². The van der Waals surface area contributed by atoms with Gasteiger partial charge in [0.1, 0.15) is 0 Å². The number of carbonyl (C=O) groups excluding carboxylic acids is 1. The van der Waals surface area contributed by atoms with Gasteiger partial charge in [0.05, 0.1) is 22.5 Å². The molecule has 0 bridgehead atoms. The van der Waals surface area contributed by atoms with Crippen molar-refractivity contribution < 1.29 is 4.79 Å². The van der Waals surface area contributed by atoms with Crippen LogP contribution in [0.3, 0.4) is 0 Å². The maximum Gasteiger partial charge on any atom is 0.254 e. The number of nitrogens with one attached hydrogen (secondary N) is 1. The first-order chi connectivity index (χ1) is 9.63. The van der Waals surface area contributed by atoms with Crippen LogP contribution in [0.5, 0.6) is 0 Å². The molecule has 20 heavy (non-hydrogen) atoms. The first-order valence-electron chi connectivity index (χ1n) is 6.44. The van der Waals surface area contributed by atoms with Crippen LogP contribution in [0.2, 0.25) is 10.0 Å². The van der Waals surface area contributed by atoms with E-state index in [1.807, 2.05) is 0 Å². The van der Waals surface area contributed by atoms with Crippen molar-refractivity contribution in [1.29, 1.82) is 0 Å². The molecular formula is C14H13Cl2N3O. The van der Waals surface area contributed by atoms with E-state index in [-0.39, 0.29) is 5.91 Å². The van der Waals surface area contributed by atoms with Gasteiger partial charge in [0.15, 0.2) is 0 Å². The molecule has 1 aliphatic rings. The Balaban J connectivity index is 1.80. The molecule has 6 heteroatoms. The first kappa shape index (κ1) is 13.5. The first-order valence-corrected chi connectivity index (χ1v) is 7.20. The lowest BCUT2D eigenvalue weighted by Gasteiger charge is -2.25. The van der Waals surface area contributed by atoms with Crippen LogP contribution in [-0.2, 0) is 0 Å². The molecule has 0 radical (unpaired) electrons. The fourth-order valence-electron chi connectivity index (χ4n) is 2.06. The number of halogens is 2. The van der Waals surface area contributed by atoms with E-state index in [0.717, 1.165) is 12.8 Å². The summed E-state index contributed by atoms with van der Waals surface area (Å²) in [5.74, 6) is -0.0916. The van der Waals surface area contributed by atoms with Crippen molar-refractivity contribution in [3.63, 3.8) is 0 Å². The number of benzene rings is 1. The monoisotopic (exact) mass is 309 g/mol. The van der Waals surface area contributed by atoms with Gasteiger partial charge in [0, 0.05) is 17.3 Å². The number of nitrogens with zero attached hydrogens (tertiary/aromatic N) is 2. The number of rotatable bonds is 3. The number of aromatic nitrogens is 2. The normalized spacial score (nSPS) is 14.9. The third-order valence-electron chi connectivity index (χ3n) is 3.44. The number of hydrogen-bond donors (Lipinski definition) is 1. The summed E-state index contributed by atoms with van der Waals surface area (Å²) < 4.78 is 1.58. The second-order valence-electron chi connectivity index (χ2n) is 4.87. The highest BCUT2D eigenvalue weighted by Gasteiger charge is 2.21. The van der Waals surface area contributed by atoms with Gasteiger partial charge in [-0.05, 0) is 37.5 Å². The average molecular weight is 310 g/mol. The van der Waals surface area contributed by atoms with E-state index in [2.05, 4.69) is 10.4 Å². The predicted molar refractivity (Wildman–Crippen MR) is 78.7 cm³/mol. The topological polar surface area (TPSA) is 46.9 Å². The zero-order chi connectivity index (χ0) is 14.1. The Labute approximate surface area is 126 Å². The lowest BCUT2D eigenvalue weighted by molar-refractivity contribution is 0.0917. The SMILES string of the molecule is O=C(NC1CCC1)c1cnn(-c2ccc(Cl)cc2Cl)c1. The Morgan fingerprint density at radius 3 is 2.80 bits per heavy atom. The number of hydrogen-bond acceptors (Lipinski definition) is 2. The molecule has 1 amide bonds. The summed E-state index contributed by atoms with van der Waals surface area (Å²) >= 11 is 12.0.